The van der Waals surface area contributed by atoms with Gasteiger partial charge in [0.2, 0.25) is 0 Å². The molecule has 0 bridgehead atoms. The first-order valence-corrected chi connectivity index (χ1v) is 14.0. The molecule has 0 atom stereocenters. The van der Waals surface area contributed by atoms with E-state index in [0.29, 0.717) is 0 Å². The van der Waals surface area contributed by atoms with Gasteiger partial charge in [-0.15, -0.1) is 58.7 Å². The zero-order chi connectivity index (χ0) is 24.7. The molecule has 6 aromatic rings. The summed E-state index contributed by atoms with van der Waals surface area (Å²) in [7, 11) is 2.63. The molecule has 0 unspecified atom stereocenters. The van der Waals surface area contributed by atoms with E-state index in [4.69, 9.17) is 0 Å². The van der Waals surface area contributed by atoms with Crippen molar-refractivity contribution in [1.82, 2.24) is 0 Å². The maximum atomic E-state index is 2.30. The maximum absolute atomic E-state index is 2.30. The molecule has 0 saturated heterocycles. The number of aryl methyl sites for hydroxylation is 2. The van der Waals surface area contributed by atoms with Crippen LogP contribution in [0.2, 0.25) is 0 Å². The molecule has 178 valence electrons. The molecule has 0 aliphatic heterocycles. The molecule has 0 amide bonds. The minimum Gasteiger partial charge on any atom is -0.152 e. The van der Waals surface area contributed by atoms with Crippen molar-refractivity contribution >= 4 is 16.4 Å². The first-order valence-electron chi connectivity index (χ1n) is 12.2. The molecule has 37 heavy (non-hydrogen) atoms. The van der Waals surface area contributed by atoms with Crippen LogP contribution in [0.15, 0.2) is 133 Å². The van der Waals surface area contributed by atoms with Crippen molar-refractivity contribution < 1.29 is 26.2 Å². The third-order valence-corrected chi connectivity index (χ3v) is 9.08. The van der Waals surface area contributed by atoms with Gasteiger partial charge in [0.1, 0.15) is 0 Å². The van der Waals surface area contributed by atoms with Crippen LogP contribution in [0.1, 0.15) is 11.1 Å². The molecule has 0 aliphatic rings. The molecule has 0 aliphatic carbocycles. The maximum Gasteiger partial charge on any atom is 2.00 e. The summed E-state index contributed by atoms with van der Waals surface area (Å²) in [5, 5.41) is 5.64. The number of rotatable bonds is 4. The molecule has 0 radical (unpaired) electrons. The van der Waals surface area contributed by atoms with Crippen LogP contribution < -0.4 is 0 Å². The van der Waals surface area contributed by atoms with Crippen molar-refractivity contribution in [3.8, 4) is 43.4 Å². The molecule has 0 saturated carbocycles. The summed E-state index contributed by atoms with van der Waals surface area (Å²) in [5.74, 6) is 0. The fraction of sp³-hybridized carbons (Fsp3) is 0.0588. The largest absolute Gasteiger partial charge is 2.00 e. The molecule has 6 rings (SSSR count). The molecule has 4 aromatic carbocycles. The van der Waals surface area contributed by atoms with Gasteiger partial charge < -0.3 is 0 Å². The van der Waals surface area contributed by atoms with E-state index in [1.165, 1.54) is 70.9 Å². The van der Waals surface area contributed by atoms with E-state index >= 15 is 0 Å². The van der Waals surface area contributed by atoms with Gasteiger partial charge in [0.25, 0.3) is 0 Å². The van der Waals surface area contributed by atoms with Crippen molar-refractivity contribution in [2.24, 2.45) is 0 Å². The van der Waals surface area contributed by atoms with Crippen LogP contribution in [0, 0.1) is 13.8 Å². The molecule has 0 spiro atoms. The van der Waals surface area contributed by atoms with Crippen LogP contribution in [-0.4, -0.2) is 0 Å². The summed E-state index contributed by atoms with van der Waals surface area (Å²) in [6, 6.07) is 47.2. The molecule has 3 heteroatoms. The fourth-order valence-electron chi connectivity index (χ4n) is 4.32. The molecular formula is C34H28P2Zr. The first-order chi connectivity index (χ1) is 17.7. The van der Waals surface area contributed by atoms with Gasteiger partial charge in [-0.25, -0.2) is 0 Å². The van der Waals surface area contributed by atoms with Crippen molar-refractivity contribution in [3.05, 3.63) is 145 Å². The Morgan fingerprint density at radius 2 is 0.730 bits per heavy atom. The Hall–Kier alpha value is -2.68. The average Bonchev–Trinajstić information content (AvgIpc) is 3.54. The van der Waals surface area contributed by atoms with Crippen LogP contribution in [-0.2, 0) is 26.2 Å². The van der Waals surface area contributed by atoms with E-state index in [1.807, 2.05) is 0 Å². The summed E-state index contributed by atoms with van der Waals surface area (Å²) in [6.45, 7) is 4.40. The molecular weight excluding hydrogens is 562 g/mol. The zero-order valence-electron chi connectivity index (χ0n) is 21.1. The van der Waals surface area contributed by atoms with E-state index in [2.05, 4.69) is 147 Å². The molecule has 0 N–H and O–H groups in total. The van der Waals surface area contributed by atoms with Gasteiger partial charge in [-0.2, -0.15) is 16.4 Å². The second-order valence-electron chi connectivity index (χ2n) is 8.81. The van der Waals surface area contributed by atoms with E-state index in [1.54, 1.807) is 0 Å². The number of benzene rings is 4. The van der Waals surface area contributed by atoms with Crippen molar-refractivity contribution in [3.63, 3.8) is 0 Å². The summed E-state index contributed by atoms with van der Waals surface area (Å²) < 4.78 is 0. The average molecular weight is 590 g/mol. The van der Waals surface area contributed by atoms with Crippen molar-refractivity contribution in [2.45, 2.75) is 13.8 Å². The smallest absolute Gasteiger partial charge is 0.152 e. The van der Waals surface area contributed by atoms with Crippen molar-refractivity contribution in [1.29, 1.82) is 0 Å². The topological polar surface area (TPSA) is 0 Å². The molecule has 0 fully saturated rings. The quantitative estimate of drug-likeness (QED) is 0.179. The Morgan fingerprint density at radius 1 is 0.432 bits per heavy atom. The Bertz CT molecular complexity index is 1400. The normalized spacial score (nSPS) is 10.6. The summed E-state index contributed by atoms with van der Waals surface area (Å²) in [6.07, 6.45) is 0. The Morgan fingerprint density at radius 3 is 1.05 bits per heavy atom. The van der Waals surface area contributed by atoms with Gasteiger partial charge in [-0.1, -0.05) is 143 Å². The van der Waals surface area contributed by atoms with Gasteiger partial charge >= 0.3 is 26.2 Å². The summed E-state index contributed by atoms with van der Waals surface area (Å²) in [4.78, 5) is 0. The third kappa shape index (κ3) is 6.80. The number of hydrogen-bond acceptors (Lipinski definition) is 0. The Balaban J connectivity index is 0.000000168. The minimum atomic E-state index is 0. The summed E-state index contributed by atoms with van der Waals surface area (Å²) in [5.41, 5.74) is 8.06. The standard InChI is InChI=1S/2C17H14P.Zr/c2*1-13-12-16(14-8-4-2-5-9-14)18-17(13)15-10-6-3-7-11-15;/h2*2-12H,1H3;/q2*-1;+2. The predicted octanol–water partition coefficient (Wildman–Crippen LogP) is 11.3. The first kappa shape index (κ1) is 27.4. The predicted molar refractivity (Wildman–Crippen MR) is 160 cm³/mol. The van der Waals surface area contributed by atoms with Gasteiger partial charge in [0.05, 0.1) is 0 Å². The van der Waals surface area contributed by atoms with Crippen molar-refractivity contribution in [2.75, 3.05) is 0 Å². The van der Waals surface area contributed by atoms with Crippen LogP contribution in [0.25, 0.3) is 43.4 Å². The Kier molecular flexibility index (Phi) is 9.77. The van der Waals surface area contributed by atoms with Gasteiger partial charge in [0.15, 0.2) is 0 Å². The van der Waals surface area contributed by atoms with E-state index in [-0.39, 0.29) is 26.2 Å². The molecule has 2 heterocycles. The van der Waals surface area contributed by atoms with Gasteiger partial charge in [0, 0.05) is 0 Å². The van der Waals surface area contributed by atoms with Gasteiger partial charge in [-0.05, 0) is 0 Å². The monoisotopic (exact) mass is 588 g/mol. The zero-order valence-corrected chi connectivity index (χ0v) is 25.3. The second-order valence-corrected chi connectivity index (χ2v) is 11.1. The van der Waals surface area contributed by atoms with Crippen LogP contribution in [0.4, 0.5) is 0 Å². The minimum absolute atomic E-state index is 0. The molecule has 2 aromatic heterocycles. The summed E-state index contributed by atoms with van der Waals surface area (Å²) >= 11 is 0. The van der Waals surface area contributed by atoms with Crippen LogP contribution >= 0.6 is 16.4 Å². The third-order valence-electron chi connectivity index (χ3n) is 6.15. The van der Waals surface area contributed by atoms with Crippen LogP contribution in [0.3, 0.4) is 0 Å². The SMILES string of the molecule is Cc1cc(-c2ccccc2)p[c-]1-c1ccccc1.Cc1cc(-c2ccccc2)p[c-]1-c1ccccc1.[Zr+2]. The van der Waals surface area contributed by atoms with Crippen LogP contribution in [0.5, 0.6) is 0 Å². The van der Waals surface area contributed by atoms with E-state index < -0.39 is 0 Å². The molecule has 0 nitrogen and oxygen atoms in total. The van der Waals surface area contributed by atoms with E-state index in [0.717, 1.165) is 0 Å². The second kappa shape index (κ2) is 13.2. The fourth-order valence-corrected chi connectivity index (χ4v) is 6.91. The number of hydrogen-bond donors (Lipinski definition) is 0. The van der Waals surface area contributed by atoms with E-state index in [9.17, 15) is 0 Å². The van der Waals surface area contributed by atoms with Gasteiger partial charge in [-0.3, -0.25) is 0 Å². The Labute approximate surface area is 243 Å².